The van der Waals surface area contributed by atoms with Crippen LogP contribution in [0.1, 0.15) is 44.2 Å². The van der Waals surface area contributed by atoms with E-state index in [2.05, 4.69) is 59.1 Å². The highest BCUT2D eigenvalue weighted by Crippen LogP contribution is 2.37. The predicted octanol–water partition coefficient (Wildman–Crippen LogP) is 5.06. The summed E-state index contributed by atoms with van der Waals surface area (Å²) in [6.07, 6.45) is -2.30. The Balaban J connectivity index is 1.85. The second-order valence-electron chi connectivity index (χ2n) is 5.53. The van der Waals surface area contributed by atoms with Crippen LogP contribution in [-0.2, 0) is 0 Å². The molecule has 1 N–H and O–H groups in total. The van der Waals surface area contributed by atoms with Crippen LogP contribution in [0.3, 0.4) is 0 Å². The number of alkyl halides is 3. The lowest BCUT2D eigenvalue weighted by Crippen LogP contribution is -2.38. The van der Waals surface area contributed by atoms with Gasteiger partial charge in [0, 0.05) is 15.7 Å². The maximum atomic E-state index is 12.6. The highest BCUT2D eigenvalue weighted by Gasteiger charge is 2.41. The molecular formula is C15H19F3IN. The Bertz CT molecular complexity index is 422. The summed E-state index contributed by atoms with van der Waals surface area (Å²) >= 11 is 2.26. The molecule has 1 aromatic carbocycles. The van der Waals surface area contributed by atoms with Gasteiger partial charge in [-0.1, -0.05) is 12.1 Å². The summed E-state index contributed by atoms with van der Waals surface area (Å²) in [4.78, 5) is 0. The first-order valence-corrected chi connectivity index (χ1v) is 8.02. The Kier molecular flexibility index (Phi) is 5.34. The third kappa shape index (κ3) is 4.35. The van der Waals surface area contributed by atoms with Crippen molar-refractivity contribution in [1.29, 1.82) is 0 Å². The van der Waals surface area contributed by atoms with Crippen LogP contribution in [0.15, 0.2) is 24.3 Å². The molecule has 1 unspecified atom stereocenters. The molecule has 1 saturated carbocycles. The van der Waals surface area contributed by atoms with E-state index in [0.29, 0.717) is 12.8 Å². The van der Waals surface area contributed by atoms with Gasteiger partial charge in [-0.25, -0.2) is 0 Å². The van der Waals surface area contributed by atoms with Gasteiger partial charge in [-0.15, -0.1) is 0 Å². The van der Waals surface area contributed by atoms with Gasteiger partial charge < -0.3 is 5.32 Å². The summed E-state index contributed by atoms with van der Waals surface area (Å²) in [6.45, 7) is 2.07. The average Bonchev–Trinajstić information content (AvgIpc) is 2.39. The van der Waals surface area contributed by atoms with Gasteiger partial charge in [0.05, 0.1) is 5.92 Å². The van der Waals surface area contributed by atoms with Crippen LogP contribution >= 0.6 is 22.6 Å². The van der Waals surface area contributed by atoms with E-state index in [4.69, 9.17) is 0 Å². The largest absolute Gasteiger partial charge is 0.391 e. The van der Waals surface area contributed by atoms with Crippen LogP contribution in [0.25, 0.3) is 0 Å². The van der Waals surface area contributed by atoms with Gasteiger partial charge in [0.25, 0.3) is 0 Å². The molecule has 0 heterocycles. The first kappa shape index (κ1) is 16.1. The highest BCUT2D eigenvalue weighted by atomic mass is 127. The van der Waals surface area contributed by atoms with Crippen molar-refractivity contribution >= 4 is 22.6 Å². The van der Waals surface area contributed by atoms with Gasteiger partial charge in [-0.3, -0.25) is 0 Å². The Morgan fingerprint density at radius 3 is 2.15 bits per heavy atom. The SMILES string of the molecule is CC(NC1CCC(C(F)(F)F)CC1)c1ccc(I)cc1. The molecule has 0 aliphatic heterocycles. The lowest BCUT2D eigenvalue weighted by atomic mass is 9.85. The molecule has 1 fully saturated rings. The molecule has 20 heavy (non-hydrogen) atoms. The molecule has 0 radical (unpaired) electrons. The van der Waals surface area contributed by atoms with E-state index in [1.165, 1.54) is 9.13 Å². The lowest BCUT2D eigenvalue weighted by molar-refractivity contribution is -0.182. The van der Waals surface area contributed by atoms with E-state index >= 15 is 0 Å². The van der Waals surface area contributed by atoms with Crippen molar-refractivity contribution in [2.24, 2.45) is 5.92 Å². The monoisotopic (exact) mass is 397 g/mol. The molecule has 0 bridgehead atoms. The highest BCUT2D eigenvalue weighted by molar-refractivity contribution is 14.1. The van der Waals surface area contributed by atoms with Gasteiger partial charge in [-0.05, 0) is 72.9 Å². The fraction of sp³-hybridized carbons (Fsp3) is 0.600. The molecule has 1 nitrogen and oxygen atoms in total. The molecule has 1 aliphatic rings. The van der Waals surface area contributed by atoms with Crippen LogP contribution < -0.4 is 5.32 Å². The maximum Gasteiger partial charge on any atom is 0.391 e. The lowest BCUT2D eigenvalue weighted by Gasteiger charge is -2.32. The van der Waals surface area contributed by atoms with Crippen molar-refractivity contribution in [2.45, 2.75) is 50.9 Å². The predicted molar refractivity (Wildman–Crippen MR) is 82.5 cm³/mol. The van der Waals surface area contributed by atoms with Gasteiger partial charge >= 0.3 is 6.18 Å². The Morgan fingerprint density at radius 1 is 1.10 bits per heavy atom. The molecule has 2 rings (SSSR count). The Hall–Kier alpha value is -0.300. The van der Waals surface area contributed by atoms with Crippen molar-refractivity contribution in [3.8, 4) is 0 Å². The second kappa shape index (κ2) is 6.64. The standard InChI is InChI=1S/C15H19F3IN/c1-10(11-2-6-13(19)7-3-11)20-14-8-4-12(5-9-14)15(16,17)18/h2-3,6-7,10,12,14,20H,4-5,8-9H2,1H3. The van der Waals surface area contributed by atoms with E-state index in [0.717, 1.165) is 0 Å². The number of hydrogen-bond acceptors (Lipinski definition) is 1. The number of nitrogens with one attached hydrogen (secondary N) is 1. The summed E-state index contributed by atoms with van der Waals surface area (Å²) in [6, 6.07) is 8.62. The fourth-order valence-electron chi connectivity index (χ4n) is 2.79. The number of halogens is 4. The van der Waals surface area contributed by atoms with Crippen LogP contribution in [0.2, 0.25) is 0 Å². The number of benzene rings is 1. The summed E-state index contributed by atoms with van der Waals surface area (Å²) in [5.41, 5.74) is 1.18. The molecular weight excluding hydrogens is 378 g/mol. The molecule has 1 aromatic rings. The van der Waals surface area contributed by atoms with Gasteiger partial charge in [-0.2, -0.15) is 13.2 Å². The second-order valence-corrected chi connectivity index (χ2v) is 6.78. The third-order valence-corrected chi connectivity index (χ3v) is 4.76. The quantitative estimate of drug-likeness (QED) is 0.703. The van der Waals surface area contributed by atoms with Crippen LogP contribution in [-0.4, -0.2) is 12.2 Å². The molecule has 1 aliphatic carbocycles. The van der Waals surface area contributed by atoms with Crippen molar-refractivity contribution in [3.63, 3.8) is 0 Å². The minimum absolute atomic E-state index is 0.180. The van der Waals surface area contributed by atoms with Gasteiger partial charge in [0.2, 0.25) is 0 Å². The maximum absolute atomic E-state index is 12.6. The normalized spacial score (nSPS) is 25.4. The topological polar surface area (TPSA) is 12.0 Å². The van der Waals surface area contributed by atoms with Crippen LogP contribution in [0, 0.1) is 9.49 Å². The fourth-order valence-corrected chi connectivity index (χ4v) is 3.15. The van der Waals surface area contributed by atoms with Crippen molar-refractivity contribution < 1.29 is 13.2 Å². The van der Waals surface area contributed by atoms with E-state index in [9.17, 15) is 13.2 Å². The summed E-state index contributed by atoms with van der Waals surface area (Å²) in [5, 5.41) is 3.46. The minimum Gasteiger partial charge on any atom is -0.307 e. The number of hydrogen-bond donors (Lipinski definition) is 1. The zero-order chi connectivity index (χ0) is 14.8. The zero-order valence-electron chi connectivity index (χ0n) is 11.4. The van der Waals surface area contributed by atoms with Crippen molar-refractivity contribution in [3.05, 3.63) is 33.4 Å². The zero-order valence-corrected chi connectivity index (χ0v) is 13.5. The smallest absolute Gasteiger partial charge is 0.307 e. The Labute approximate surface area is 131 Å². The van der Waals surface area contributed by atoms with E-state index in [1.54, 1.807) is 0 Å². The summed E-state index contributed by atoms with van der Waals surface area (Å²) < 4.78 is 39.0. The molecule has 112 valence electrons. The van der Waals surface area contributed by atoms with Gasteiger partial charge in [0.15, 0.2) is 0 Å². The molecule has 5 heteroatoms. The van der Waals surface area contributed by atoms with Crippen molar-refractivity contribution in [1.82, 2.24) is 5.32 Å². The first-order valence-electron chi connectivity index (χ1n) is 6.94. The van der Waals surface area contributed by atoms with Crippen LogP contribution in [0.5, 0.6) is 0 Å². The average molecular weight is 397 g/mol. The molecule has 0 spiro atoms. The first-order chi connectivity index (χ1) is 9.36. The minimum atomic E-state index is -4.02. The van der Waals surface area contributed by atoms with E-state index in [-0.39, 0.29) is 24.9 Å². The van der Waals surface area contributed by atoms with E-state index in [1.807, 2.05) is 0 Å². The molecule has 0 aromatic heterocycles. The van der Waals surface area contributed by atoms with Crippen molar-refractivity contribution in [2.75, 3.05) is 0 Å². The molecule has 0 saturated heterocycles. The Morgan fingerprint density at radius 2 is 1.65 bits per heavy atom. The third-order valence-electron chi connectivity index (χ3n) is 4.05. The van der Waals surface area contributed by atoms with E-state index < -0.39 is 12.1 Å². The molecule has 1 atom stereocenters. The molecule has 0 amide bonds. The number of rotatable bonds is 3. The van der Waals surface area contributed by atoms with Gasteiger partial charge in [0.1, 0.15) is 0 Å². The summed E-state index contributed by atoms with van der Waals surface area (Å²) in [7, 11) is 0. The summed E-state index contributed by atoms with van der Waals surface area (Å²) in [5.74, 6) is -1.10. The van der Waals surface area contributed by atoms with Crippen LogP contribution in [0.4, 0.5) is 13.2 Å².